The van der Waals surface area contributed by atoms with E-state index in [0.29, 0.717) is 19.2 Å². The molecule has 0 amide bonds. The van der Waals surface area contributed by atoms with Crippen LogP contribution in [0.5, 0.6) is 0 Å². The Kier molecular flexibility index (Phi) is 4.28. The molecule has 0 aromatic rings. The zero-order chi connectivity index (χ0) is 13.2. The van der Waals surface area contributed by atoms with Gasteiger partial charge in [0.1, 0.15) is 5.54 Å². The predicted octanol–water partition coefficient (Wildman–Crippen LogP) is 1.53. The number of esters is 1. The van der Waals surface area contributed by atoms with E-state index >= 15 is 0 Å². The molecule has 1 aliphatic carbocycles. The van der Waals surface area contributed by atoms with E-state index in [4.69, 9.17) is 10.5 Å². The normalized spacial score (nSPS) is 31.7. The van der Waals surface area contributed by atoms with Gasteiger partial charge in [-0.3, -0.25) is 9.69 Å². The van der Waals surface area contributed by atoms with Crippen LogP contribution in [0.1, 0.15) is 46.0 Å². The van der Waals surface area contributed by atoms with Crippen LogP contribution in [0.25, 0.3) is 0 Å². The summed E-state index contributed by atoms with van der Waals surface area (Å²) < 4.78 is 5.07. The predicted molar refractivity (Wildman–Crippen MR) is 71.2 cm³/mol. The largest absolute Gasteiger partial charge is 0.465 e. The molecule has 4 heteroatoms. The van der Waals surface area contributed by atoms with Crippen molar-refractivity contribution in [3.63, 3.8) is 0 Å². The van der Waals surface area contributed by atoms with E-state index in [0.717, 1.165) is 12.5 Å². The molecule has 2 aliphatic rings. The van der Waals surface area contributed by atoms with E-state index in [1.165, 1.54) is 32.1 Å². The Hall–Kier alpha value is -0.610. The van der Waals surface area contributed by atoms with Gasteiger partial charge in [0.05, 0.1) is 6.61 Å². The number of likely N-dealkylation sites (tertiary alicyclic amines) is 1. The fraction of sp³-hybridized carbons (Fsp3) is 0.929. The van der Waals surface area contributed by atoms with Gasteiger partial charge in [-0.2, -0.15) is 0 Å². The van der Waals surface area contributed by atoms with E-state index < -0.39 is 5.54 Å². The molecule has 0 spiro atoms. The van der Waals surface area contributed by atoms with E-state index in [9.17, 15) is 4.79 Å². The van der Waals surface area contributed by atoms with Gasteiger partial charge in [0.25, 0.3) is 0 Å². The number of nitrogens with zero attached hydrogens (tertiary/aromatic N) is 1. The first kappa shape index (κ1) is 13.8. The molecule has 1 saturated heterocycles. The number of rotatable bonds is 4. The number of hydrogen-bond donors (Lipinski definition) is 1. The molecule has 0 aromatic heterocycles. The third-order valence-electron chi connectivity index (χ3n) is 4.38. The number of nitrogens with two attached hydrogens (primary N) is 1. The highest BCUT2D eigenvalue weighted by atomic mass is 16.5. The van der Waals surface area contributed by atoms with Gasteiger partial charge < -0.3 is 10.5 Å². The quantitative estimate of drug-likeness (QED) is 0.773. The minimum atomic E-state index is -0.875. The minimum absolute atomic E-state index is 0.273. The van der Waals surface area contributed by atoms with Gasteiger partial charge >= 0.3 is 5.97 Å². The Bertz CT molecular complexity index is 304. The molecule has 4 nitrogen and oxygen atoms in total. The van der Waals surface area contributed by atoms with Crippen molar-refractivity contribution in [2.75, 3.05) is 19.7 Å². The fourth-order valence-corrected chi connectivity index (χ4v) is 3.54. The van der Waals surface area contributed by atoms with Gasteiger partial charge in [0, 0.05) is 12.6 Å². The van der Waals surface area contributed by atoms with Crippen molar-refractivity contribution in [3.05, 3.63) is 0 Å². The average Bonchev–Trinajstić information content (AvgIpc) is 2.78. The fourth-order valence-electron chi connectivity index (χ4n) is 3.54. The summed E-state index contributed by atoms with van der Waals surface area (Å²) in [6.45, 7) is 5.73. The summed E-state index contributed by atoms with van der Waals surface area (Å²) in [6, 6.07) is 0.649. The SMILES string of the molecule is CCOC(=O)C(C)(N)CN1CCCC2CCCC21. The van der Waals surface area contributed by atoms with Gasteiger partial charge in [0.15, 0.2) is 0 Å². The molecule has 1 aliphatic heterocycles. The standard InChI is InChI=1S/C14H26N2O2/c1-3-18-13(17)14(2,15)10-16-9-5-7-11-6-4-8-12(11)16/h11-12H,3-10,15H2,1-2H3. The maximum atomic E-state index is 11.9. The van der Waals surface area contributed by atoms with E-state index in [2.05, 4.69) is 4.90 Å². The van der Waals surface area contributed by atoms with Gasteiger partial charge in [-0.25, -0.2) is 0 Å². The number of fused-ring (bicyclic) bond motifs is 1. The Morgan fingerprint density at radius 3 is 2.83 bits per heavy atom. The molecule has 18 heavy (non-hydrogen) atoms. The van der Waals surface area contributed by atoms with Crippen molar-refractivity contribution in [1.82, 2.24) is 4.90 Å². The van der Waals surface area contributed by atoms with Gasteiger partial charge in [0.2, 0.25) is 0 Å². The average molecular weight is 254 g/mol. The van der Waals surface area contributed by atoms with Crippen LogP contribution in [-0.2, 0) is 9.53 Å². The van der Waals surface area contributed by atoms with Crippen molar-refractivity contribution in [2.45, 2.75) is 57.5 Å². The highest BCUT2D eigenvalue weighted by molar-refractivity contribution is 5.80. The summed E-state index contributed by atoms with van der Waals surface area (Å²) in [4.78, 5) is 14.3. The van der Waals surface area contributed by atoms with Crippen LogP contribution in [0.4, 0.5) is 0 Å². The zero-order valence-electron chi connectivity index (χ0n) is 11.7. The Labute approximate surface area is 110 Å². The summed E-state index contributed by atoms with van der Waals surface area (Å²) >= 11 is 0. The van der Waals surface area contributed by atoms with E-state index in [1.807, 2.05) is 6.92 Å². The number of ether oxygens (including phenoxy) is 1. The Morgan fingerprint density at radius 1 is 1.39 bits per heavy atom. The van der Waals surface area contributed by atoms with Crippen LogP contribution < -0.4 is 5.73 Å². The topological polar surface area (TPSA) is 55.6 Å². The lowest BCUT2D eigenvalue weighted by molar-refractivity contribution is -0.150. The second-order valence-electron chi connectivity index (χ2n) is 6.01. The molecule has 3 atom stereocenters. The lowest BCUT2D eigenvalue weighted by Gasteiger charge is -2.41. The second kappa shape index (κ2) is 5.57. The zero-order valence-corrected chi connectivity index (χ0v) is 11.7. The number of carbonyl (C=O) groups is 1. The van der Waals surface area contributed by atoms with Crippen LogP contribution in [0.15, 0.2) is 0 Å². The first-order valence-corrected chi connectivity index (χ1v) is 7.24. The highest BCUT2D eigenvalue weighted by Crippen LogP contribution is 2.37. The van der Waals surface area contributed by atoms with Crippen molar-refractivity contribution >= 4 is 5.97 Å². The summed E-state index contributed by atoms with van der Waals surface area (Å²) in [5, 5.41) is 0. The lowest BCUT2D eigenvalue weighted by atomic mass is 9.90. The molecule has 2 rings (SSSR count). The summed E-state index contributed by atoms with van der Waals surface area (Å²) in [5.74, 6) is 0.557. The van der Waals surface area contributed by atoms with Crippen LogP contribution in [0, 0.1) is 5.92 Å². The maximum Gasteiger partial charge on any atom is 0.327 e. The van der Waals surface area contributed by atoms with Crippen molar-refractivity contribution in [2.24, 2.45) is 11.7 Å². The molecule has 2 N–H and O–H groups in total. The highest BCUT2D eigenvalue weighted by Gasteiger charge is 2.40. The first-order chi connectivity index (χ1) is 8.54. The maximum absolute atomic E-state index is 11.9. The number of carbonyl (C=O) groups excluding carboxylic acids is 1. The molecule has 104 valence electrons. The number of piperidine rings is 1. The Balaban J connectivity index is 1.97. The van der Waals surface area contributed by atoms with Gasteiger partial charge in [-0.1, -0.05) is 6.42 Å². The molecule has 0 radical (unpaired) electrons. The van der Waals surface area contributed by atoms with Crippen LogP contribution in [0.3, 0.4) is 0 Å². The lowest BCUT2D eigenvalue weighted by Crippen LogP contribution is -2.58. The van der Waals surface area contributed by atoms with E-state index in [-0.39, 0.29) is 5.97 Å². The third kappa shape index (κ3) is 2.86. The van der Waals surface area contributed by atoms with Crippen LogP contribution in [-0.4, -0.2) is 42.1 Å². The second-order valence-corrected chi connectivity index (χ2v) is 6.01. The minimum Gasteiger partial charge on any atom is -0.465 e. The molecular formula is C14H26N2O2. The summed E-state index contributed by atoms with van der Waals surface area (Å²) in [7, 11) is 0. The molecular weight excluding hydrogens is 228 g/mol. The molecule has 1 saturated carbocycles. The molecule has 0 aromatic carbocycles. The van der Waals surface area contributed by atoms with Crippen LogP contribution >= 0.6 is 0 Å². The third-order valence-corrected chi connectivity index (χ3v) is 4.38. The molecule has 3 unspecified atom stereocenters. The van der Waals surface area contributed by atoms with Crippen LogP contribution in [0.2, 0.25) is 0 Å². The Morgan fingerprint density at radius 2 is 2.11 bits per heavy atom. The molecule has 0 bridgehead atoms. The van der Waals surface area contributed by atoms with Gasteiger partial charge in [-0.15, -0.1) is 0 Å². The van der Waals surface area contributed by atoms with E-state index in [1.54, 1.807) is 6.92 Å². The first-order valence-electron chi connectivity index (χ1n) is 7.24. The monoisotopic (exact) mass is 254 g/mol. The molecule has 1 heterocycles. The summed E-state index contributed by atoms with van der Waals surface area (Å²) in [6.07, 6.45) is 6.53. The molecule has 2 fully saturated rings. The summed E-state index contributed by atoms with van der Waals surface area (Å²) in [5.41, 5.74) is 5.27. The van der Waals surface area contributed by atoms with Gasteiger partial charge in [-0.05, 0) is 52.0 Å². The van der Waals surface area contributed by atoms with Crippen molar-refractivity contribution < 1.29 is 9.53 Å². The van der Waals surface area contributed by atoms with Crippen molar-refractivity contribution in [1.29, 1.82) is 0 Å². The number of hydrogen-bond acceptors (Lipinski definition) is 4. The van der Waals surface area contributed by atoms with Crippen molar-refractivity contribution in [3.8, 4) is 0 Å². The smallest absolute Gasteiger partial charge is 0.327 e.